The Bertz CT molecular complexity index is 832. The maximum atomic E-state index is 6.07. The van der Waals surface area contributed by atoms with Crippen molar-refractivity contribution in [1.29, 1.82) is 0 Å². The molecule has 0 N–H and O–H groups in total. The zero-order valence-electron chi connectivity index (χ0n) is 22.2. The first-order valence-electron chi connectivity index (χ1n) is 13.9. The first-order chi connectivity index (χ1) is 17.2. The molecule has 1 atom stereocenters. The fraction of sp³-hybridized carbons (Fsp3) is 0.562. The number of allylic oxidation sites excluding steroid dienone is 2. The maximum Gasteiger partial charge on any atom is 0.183 e. The lowest BCUT2D eigenvalue weighted by Gasteiger charge is -2.29. The summed E-state index contributed by atoms with van der Waals surface area (Å²) in [5.74, 6) is 2.25. The molecule has 35 heavy (non-hydrogen) atoms. The van der Waals surface area contributed by atoms with Gasteiger partial charge in [-0.1, -0.05) is 88.6 Å². The third-order valence-electron chi connectivity index (χ3n) is 7.03. The van der Waals surface area contributed by atoms with E-state index in [0.717, 1.165) is 49.9 Å². The molecule has 0 saturated carbocycles. The molecule has 0 unspecified atom stereocenters. The summed E-state index contributed by atoms with van der Waals surface area (Å²) in [5.41, 5.74) is 3.48. The van der Waals surface area contributed by atoms with E-state index >= 15 is 0 Å². The molecule has 3 nitrogen and oxygen atoms in total. The molecule has 1 saturated heterocycles. The number of benzene rings is 2. The molecule has 192 valence electrons. The molecule has 1 heterocycles. The molecule has 0 spiro atoms. The monoisotopic (exact) mass is 478 g/mol. The lowest BCUT2D eigenvalue weighted by Crippen LogP contribution is -2.27. The summed E-state index contributed by atoms with van der Waals surface area (Å²) in [5, 5.41) is 0. The highest BCUT2D eigenvalue weighted by molar-refractivity contribution is 5.64. The summed E-state index contributed by atoms with van der Waals surface area (Å²) in [6.07, 6.45) is 15.3. The summed E-state index contributed by atoms with van der Waals surface area (Å²) in [7, 11) is 0. The van der Waals surface area contributed by atoms with Crippen LogP contribution in [-0.2, 0) is 9.47 Å². The minimum atomic E-state index is -0.245. The predicted molar refractivity (Wildman–Crippen MR) is 147 cm³/mol. The van der Waals surface area contributed by atoms with Crippen LogP contribution in [0.4, 0.5) is 0 Å². The van der Waals surface area contributed by atoms with Gasteiger partial charge in [0.2, 0.25) is 0 Å². The van der Waals surface area contributed by atoms with Crippen LogP contribution in [0.1, 0.15) is 90.4 Å². The Morgan fingerprint density at radius 1 is 0.857 bits per heavy atom. The van der Waals surface area contributed by atoms with Crippen molar-refractivity contribution >= 4 is 0 Å². The third-order valence-corrected chi connectivity index (χ3v) is 7.03. The van der Waals surface area contributed by atoms with Gasteiger partial charge in [0.05, 0.1) is 19.8 Å². The second kappa shape index (κ2) is 15.8. The Balaban J connectivity index is 1.37. The van der Waals surface area contributed by atoms with Gasteiger partial charge in [0.15, 0.2) is 6.29 Å². The third kappa shape index (κ3) is 9.82. The highest BCUT2D eigenvalue weighted by Crippen LogP contribution is 2.30. The van der Waals surface area contributed by atoms with Crippen molar-refractivity contribution in [3.05, 3.63) is 66.2 Å². The highest BCUT2D eigenvalue weighted by Gasteiger charge is 2.23. The average Bonchev–Trinajstić information content (AvgIpc) is 2.91. The Hall–Kier alpha value is -2.10. The molecule has 0 aromatic heterocycles. The predicted octanol–water partition coefficient (Wildman–Crippen LogP) is 9.14. The number of hydrogen-bond acceptors (Lipinski definition) is 3. The smallest absolute Gasteiger partial charge is 0.183 e. The lowest BCUT2D eigenvalue weighted by atomic mass is 10.0. The summed E-state index contributed by atoms with van der Waals surface area (Å²) in [6.45, 7) is 9.11. The zero-order valence-corrected chi connectivity index (χ0v) is 22.2. The number of rotatable bonds is 15. The minimum absolute atomic E-state index is 0.245. The molecular formula is C32H46O3. The van der Waals surface area contributed by atoms with Crippen LogP contribution in [0.2, 0.25) is 0 Å². The molecule has 3 rings (SSSR count). The molecule has 2 aromatic carbocycles. The molecule has 1 aliphatic heterocycles. The van der Waals surface area contributed by atoms with Gasteiger partial charge in [0.25, 0.3) is 0 Å². The summed E-state index contributed by atoms with van der Waals surface area (Å²) < 4.78 is 18.0. The van der Waals surface area contributed by atoms with E-state index in [1.54, 1.807) is 0 Å². The van der Waals surface area contributed by atoms with Crippen molar-refractivity contribution in [2.45, 2.75) is 84.8 Å². The summed E-state index contributed by atoms with van der Waals surface area (Å²) in [4.78, 5) is 0. The molecule has 0 amide bonds. The van der Waals surface area contributed by atoms with Gasteiger partial charge in [-0.2, -0.15) is 0 Å². The van der Waals surface area contributed by atoms with Crippen molar-refractivity contribution in [3.63, 3.8) is 0 Å². The van der Waals surface area contributed by atoms with E-state index < -0.39 is 0 Å². The first-order valence-corrected chi connectivity index (χ1v) is 13.9. The first kappa shape index (κ1) is 27.5. The van der Waals surface area contributed by atoms with Crippen LogP contribution in [0.5, 0.6) is 5.75 Å². The van der Waals surface area contributed by atoms with Gasteiger partial charge < -0.3 is 14.2 Å². The molecule has 0 aliphatic carbocycles. The van der Waals surface area contributed by atoms with Crippen molar-refractivity contribution in [3.8, 4) is 16.9 Å². The van der Waals surface area contributed by atoms with Crippen LogP contribution in [0.3, 0.4) is 0 Å². The highest BCUT2D eigenvalue weighted by atomic mass is 16.7. The standard InChI is InChI=1S/C32H46O3/c1-4-6-7-8-9-10-11-14-27-24-34-32(35-25-27)30-17-15-28(16-18-30)29-19-21-31(22-20-29)33-23-12-13-26(3)5-2/h6-7,15-22,26-27,32H,4-5,8-14,23-25H2,1-3H3/t26-,27?,32?/m0/s1. The van der Waals surface area contributed by atoms with Gasteiger partial charge in [-0.05, 0) is 67.7 Å². The largest absolute Gasteiger partial charge is 0.494 e. The number of hydrogen-bond donors (Lipinski definition) is 0. The van der Waals surface area contributed by atoms with Crippen LogP contribution in [-0.4, -0.2) is 19.8 Å². The van der Waals surface area contributed by atoms with Crippen LogP contribution in [0.25, 0.3) is 11.1 Å². The Morgan fingerprint density at radius 3 is 2.20 bits per heavy atom. The van der Waals surface area contributed by atoms with E-state index in [1.165, 1.54) is 56.1 Å². The van der Waals surface area contributed by atoms with Crippen LogP contribution in [0, 0.1) is 11.8 Å². The van der Waals surface area contributed by atoms with E-state index in [4.69, 9.17) is 14.2 Å². The van der Waals surface area contributed by atoms with Gasteiger partial charge >= 0.3 is 0 Å². The zero-order chi connectivity index (χ0) is 24.7. The average molecular weight is 479 g/mol. The topological polar surface area (TPSA) is 27.7 Å². The van der Waals surface area contributed by atoms with Gasteiger partial charge in [0, 0.05) is 11.5 Å². The summed E-state index contributed by atoms with van der Waals surface area (Å²) in [6, 6.07) is 17.0. The van der Waals surface area contributed by atoms with Crippen LogP contribution >= 0.6 is 0 Å². The summed E-state index contributed by atoms with van der Waals surface area (Å²) >= 11 is 0. The quantitative estimate of drug-likeness (QED) is 0.189. The van der Waals surface area contributed by atoms with Crippen molar-refractivity contribution in [2.75, 3.05) is 19.8 Å². The maximum absolute atomic E-state index is 6.07. The van der Waals surface area contributed by atoms with E-state index in [-0.39, 0.29) is 6.29 Å². The Kier molecular flexibility index (Phi) is 12.4. The second-order valence-electron chi connectivity index (χ2n) is 10.0. The Labute approximate surface area is 213 Å². The molecule has 1 aliphatic rings. The molecular weight excluding hydrogens is 432 g/mol. The van der Waals surface area contributed by atoms with Crippen molar-refractivity contribution in [2.24, 2.45) is 11.8 Å². The number of ether oxygens (including phenoxy) is 3. The van der Waals surface area contributed by atoms with Crippen molar-refractivity contribution < 1.29 is 14.2 Å². The SMILES string of the molecule is CCC=CCCCCCC1COC(c2ccc(-c3ccc(OCCC[C@@H](C)CC)cc3)cc2)OC1. The fourth-order valence-electron chi connectivity index (χ4n) is 4.46. The van der Waals surface area contributed by atoms with Gasteiger partial charge in [-0.3, -0.25) is 0 Å². The van der Waals surface area contributed by atoms with E-state index in [1.807, 2.05) is 0 Å². The van der Waals surface area contributed by atoms with Crippen LogP contribution in [0.15, 0.2) is 60.7 Å². The lowest BCUT2D eigenvalue weighted by molar-refractivity contribution is -0.206. The fourth-order valence-corrected chi connectivity index (χ4v) is 4.46. The van der Waals surface area contributed by atoms with Gasteiger partial charge in [0.1, 0.15) is 5.75 Å². The minimum Gasteiger partial charge on any atom is -0.494 e. The number of unbranched alkanes of at least 4 members (excludes halogenated alkanes) is 3. The van der Waals surface area contributed by atoms with Crippen molar-refractivity contribution in [1.82, 2.24) is 0 Å². The van der Waals surface area contributed by atoms with E-state index in [2.05, 4.69) is 81.5 Å². The molecule has 3 heteroatoms. The second-order valence-corrected chi connectivity index (χ2v) is 10.0. The normalized spacial score (nSPS) is 19.2. The molecule has 0 bridgehead atoms. The van der Waals surface area contributed by atoms with Gasteiger partial charge in [-0.15, -0.1) is 0 Å². The molecule has 2 aromatic rings. The Morgan fingerprint density at radius 2 is 1.54 bits per heavy atom. The van der Waals surface area contributed by atoms with Gasteiger partial charge in [-0.25, -0.2) is 0 Å². The van der Waals surface area contributed by atoms with Crippen LogP contribution < -0.4 is 4.74 Å². The van der Waals surface area contributed by atoms with E-state index in [9.17, 15) is 0 Å². The molecule has 0 radical (unpaired) electrons. The van der Waals surface area contributed by atoms with E-state index in [0.29, 0.717) is 5.92 Å². The molecule has 1 fully saturated rings.